The molecular weight excluding hydrogens is 520 g/mol. The van der Waals surface area contributed by atoms with Crippen LogP contribution in [0.1, 0.15) is 71.1 Å². The van der Waals surface area contributed by atoms with Crippen molar-refractivity contribution in [1.82, 2.24) is 36.0 Å². The maximum Gasteiger partial charge on any atom is 0.142 e. The van der Waals surface area contributed by atoms with E-state index in [0.29, 0.717) is 44.2 Å². The van der Waals surface area contributed by atoms with E-state index in [1.807, 2.05) is 0 Å². The highest BCUT2D eigenvalue weighted by Crippen LogP contribution is 2.42. The molecule has 0 spiro atoms. The largest absolute Gasteiger partial charge is 0.387 e. The van der Waals surface area contributed by atoms with Crippen molar-refractivity contribution in [2.75, 3.05) is 33.5 Å². The molecule has 0 amide bonds. The first kappa shape index (κ1) is 29.3. The second-order valence-electron chi connectivity index (χ2n) is 14.5. The van der Waals surface area contributed by atoms with Crippen molar-refractivity contribution in [2.45, 2.75) is 138 Å². The van der Waals surface area contributed by atoms with Crippen molar-refractivity contribution in [3.05, 3.63) is 0 Å². The van der Waals surface area contributed by atoms with E-state index in [0.717, 1.165) is 24.3 Å². The van der Waals surface area contributed by atoms with E-state index in [2.05, 4.69) is 49.9 Å². The molecule has 4 aliphatic heterocycles. The Bertz CT molecular complexity index is 892. The lowest BCUT2D eigenvalue weighted by Crippen LogP contribution is -2.69. The van der Waals surface area contributed by atoms with E-state index >= 15 is 0 Å². The highest BCUT2D eigenvalue weighted by Gasteiger charge is 2.53. The number of aliphatic hydroxyl groups is 2. The van der Waals surface area contributed by atoms with Crippen molar-refractivity contribution in [1.29, 1.82) is 0 Å². The molecule has 11 atom stereocenters. The minimum Gasteiger partial charge on any atom is -0.387 e. The summed E-state index contributed by atoms with van der Waals surface area (Å²) in [5.41, 5.74) is 6.33. The van der Waals surface area contributed by atoms with Gasteiger partial charge in [-0.3, -0.25) is 26.2 Å². The molecule has 3 saturated carbocycles. The standard InChI is InChI=1S/C30H56N8O3/c1-3-37-15-33-28(31)25-29(37)38(16-32-25)30-27(40)26(39)23(41-30)14-36(2)20-11-17(12-20)7-10-24-34-21-9-8-19(13-22(21)35-24)18-5-4-6-18/h17-30,32-35,39-40H,3-16,31H2,1-2H3/t17?,19?,20?,21?,22?,23-,24?,25?,26-,27-,28?,29?,30-/m1/s1. The van der Waals surface area contributed by atoms with Crippen LogP contribution in [-0.2, 0) is 4.74 Å². The Kier molecular flexibility index (Phi) is 8.68. The van der Waals surface area contributed by atoms with Crippen molar-refractivity contribution < 1.29 is 14.9 Å². The number of hydrogen-bond acceptors (Lipinski definition) is 11. The minimum absolute atomic E-state index is 0.0314. The molecule has 0 aromatic carbocycles. The topological polar surface area (TPSA) is 134 Å². The fourth-order valence-electron chi connectivity index (χ4n) is 9.29. The van der Waals surface area contributed by atoms with Gasteiger partial charge in [-0.1, -0.05) is 26.2 Å². The molecule has 7 rings (SSSR count). The van der Waals surface area contributed by atoms with Crippen molar-refractivity contribution in [3.8, 4) is 0 Å². The first-order valence-corrected chi connectivity index (χ1v) is 16.9. The fraction of sp³-hybridized carbons (Fsp3) is 1.00. The summed E-state index contributed by atoms with van der Waals surface area (Å²) in [6.45, 7) is 4.92. The number of rotatable bonds is 9. The molecule has 8 N–H and O–H groups in total. The van der Waals surface area contributed by atoms with E-state index in [-0.39, 0.29) is 18.4 Å². The zero-order chi connectivity index (χ0) is 28.2. The van der Waals surface area contributed by atoms with Gasteiger partial charge in [-0.25, -0.2) is 4.90 Å². The van der Waals surface area contributed by atoms with Crippen molar-refractivity contribution in [2.24, 2.45) is 23.5 Å². The molecule has 11 nitrogen and oxygen atoms in total. The molecule has 41 heavy (non-hydrogen) atoms. The number of hydrogen-bond donors (Lipinski definition) is 7. The number of nitrogens with one attached hydrogen (secondary N) is 4. The zero-order valence-electron chi connectivity index (χ0n) is 25.2. The van der Waals surface area contributed by atoms with Gasteiger partial charge < -0.3 is 25.6 Å². The van der Waals surface area contributed by atoms with Gasteiger partial charge in [0.2, 0.25) is 0 Å². The molecule has 4 heterocycles. The lowest BCUT2D eigenvalue weighted by atomic mass is 9.68. The molecule has 0 radical (unpaired) electrons. The molecule has 7 unspecified atom stereocenters. The summed E-state index contributed by atoms with van der Waals surface area (Å²) >= 11 is 0. The Hall–Kier alpha value is -0.440. The summed E-state index contributed by atoms with van der Waals surface area (Å²) in [5, 5.41) is 36.7. The third-order valence-electron chi connectivity index (χ3n) is 12.2. The lowest BCUT2D eigenvalue weighted by Gasteiger charge is -2.45. The first-order chi connectivity index (χ1) is 19.9. The molecule has 0 aromatic rings. The quantitative estimate of drug-likeness (QED) is 0.192. The number of nitrogens with zero attached hydrogens (tertiary/aromatic N) is 3. The first-order valence-electron chi connectivity index (χ1n) is 16.9. The summed E-state index contributed by atoms with van der Waals surface area (Å²) in [6, 6.07) is 1.95. The Morgan fingerprint density at radius 2 is 1.73 bits per heavy atom. The Morgan fingerprint density at radius 1 is 0.927 bits per heavy atom. The van der Waals surface area contributed by atoms with E-state index < -0.39 is 24.5 Å². The molecule has 4 saturated heterocycles. The third kappa shape index (κ3) is 5.63. The van der Waals surface area contributed by atoms with Gasteiger partial charge in [-0.05, 0) is 76.3 Å². The normalized spacial score (nSPS) is 49.2. The Labute approximate surface area is 246 Å². The maximum atomic E-state index is 11.0. The summed E-state index contributed by atoms with van der Waals surface area (Å²) in [4.78, 5) is 6.81. The van der Waals surface area contributed by atoms with E-state index in [4.69, 9.17) is 10.5 Å². The van der Waals surface area contributed by atoms with Gasteiger partial charge in [0.1, 0.15) is 24.5 Å². The molecule has 0 aromatic heterocycles. The summed E-state index contributed by atoms with van der Waals surface area (Å²) in [7, 11) is 2.15. The van der Waals surface area contributed by atoms with Crippen LogP contribution >= 0.6 is 0 Å². The predicted octanol–water partition coefficient (Wildman–Crippen LogP) is -0.495. The smallest absolute Gasteiger partial charge is 0.142 e. The van der Waals surface area contributed by atoms with E-state index in [1.165, 1.54) is 64.2 Å². The number of aliphatic hydroxyl groups excluding tert-OH is 2. The Morgan fingerprint density at radius 3 is 2.49 bits per heavy atom. The minimum atomic E-state index is -0.938. The molecule has 3 aliphatic carbocycles. The molecule has 11 heteroatoms. The monoisotopic (exact) mass is 576 g/mol. The average Bonchev–Trinajstić information content (AvgIpc) is 3.59. The van der Waals surface area contributed by atoms with Crippen LogP contribution in [0, 0.1) is 17.8 Å². The fourth-order valence-corrected chi connectivity index (χ4v) is 9.29. The molecular formula is C30H56N8O3. The van der Waals surface area contributed by atoms with Crippen LogP contribution in [0.5, 0.6) is 0 Å². The average molecular weight is 577 g/mol. The number of ether oxygens (including phenoxy) is 1. The van der Waals surface area contributed by atoms with E-state index in [1.54, 1.807) is 0 Å². The van der Waals surface area contributed by atoms with Gasteiger partial charge in [0.05, 0.1) is 37.9 Å². The van der Waals surface area contributed by atoms with Crippen molar-refractivity contribution in [3.63, 3.8) is 0 Å². The third-order valence-corrected chi connectivity index (χ3v) is 12.2. The second-order valence-corrected chi connectivity index (χ2v) is 14.5. The van der Waals surface area contributed by atoms with Crippen LogP contribution in [0.3, 0.4) is 0 Å². The Balaban J connectivity index is 0.846. The van der Waals surface area contributed by atoms with Crippen LogP contribution in [0.2, 0.25) is 0 Å². The lowest BCUT2D eigenvalue weighted by molar-refractivity contribution is -0.131. The molecule has 7 aliphatic rings. The zero-order valence-corrected chi connectivity index (χ0v) is 25.2. The van der Waals surface area contributed by atoms with Crippen LogP contribution in [0.15, 0.2) is 0 Å². The van der Waals surface area contributed by atoms with Crippen LogP contribution < -0.4 is 27.0 Å². The highest BCUT2D eigenvalue weighted by molar-refractivity contribution is 5.04. The summed E-state index contributed by atoms with van der Waals surface area (Å²) < 4.78 is 6.40. The number of nitrogens with two attached hydrogens (primary N) is 1. The van der Waals surface area contributed by atoms with Gasteiger partial charge in [-0.15, -0.1) is 0 Å². The van der Waals surface area contributed by atoms with Crippen molar-refractivity contribution >= 4 is 0 Å². The highest BCUT2D eigenvalue weighted by atomic mass is 16.6. The summed E-state index contributed by atoms with van der Waals surface area (Å²) in [5.74, 6) is 2.77. The number of fused-ring (bicyclic) bond motifs is 2. The number of likely N-dealkylation sites (N-methyl/N-ethyl adjacent to an activating group) is 2. The van der Waals surface area contributed by atoms with Gasteiger partial charge in [0, 0.05) is 24.7 Å². The SMILES string of the molecule is CCN1CNC(N)C2NCN([C@@H]3O[C@H](CN(C)C4CC(CCC5NC6CCC(C7CCC7)CC6N5)C4)[C@@H](O)[C@H]3O)C21. The van der Waals surface area contributed by atoms with Gasteiger partial charge in [0.25, 0.3) is 0 Å². The van der Waals surface area contributed by atoms with Crippen LogP contribution in [0.25, 0.3) is 0 Å². The second kappa shape index (κ2) is 12.2. The van der Waals surface area contributed by atoms with E-state index in [9.17, 15) is 10.2 Å². The van der Waals surface area contributed by atoms with Crippen LogP contribution in [-0.4, -0.2) is 126 Å². The molecule has 0 bridgehead atoms. The maximum absolute atomic E-state index is 11.0. The van der Waals surface area contributed by atoms with Gasteiger partial charge >= 0.3 is 0 Å². The summed E-state index contributed by atoms with van der Waals surface area (Å²) in [6.07, 6.45) is 11.1. The van der Waals surface area contributed by atoms with Gasteiger partial charge in [0.15, 0.2) is 0 Å². The predicted molar refractivity (Wildman–Crippen MR) is 157 cm³/mol. The molecule has 234 valence electrons. The van der Waals surface area contributed by atoms with Crippen LogP contribution in [0.4, 0.5) is 0 Å². The van der Waals surface area contributed by atoms with Gasteiger partial charge in [-0.2, -0.15) is 0 Å². The molecule has 7 fully saturated rings.